The molecule has 0 aromatic heterocycles. The van der Waals surface area contributed by atoms with E-state index in [4.69, 9.17) is 0 Å². The van der Waals surface area contributed by atoms with Gasteiger partial charge < -0.3 is 9.80 Å². The molecule has 2 rings (SSSR count). The molecule has 2 aliphatic heterocycles. The molecule has 0 N–H and O–H groups in total. The summed E-state index contributed by atoms with van der Waals surface area (Å²) in [5, 5.41) is 0. The van der Waals surface area contributed by atoms with Gasteiger partial charge in [-0.15, -0.1) is 0 Å². The van der Waals surface area contributed by atoms with Crippen LogP contribution in [0.3, 0.4) is 0 Å². The Kier molecular flexibility index (Phi) is 6.89. The third-order valence-electron chi connectivity index (χ3n) is 3.88. The van der Waals surface area contributed by atoms with Gasteiger partial charge in [0, 0.05) is 33.1 Å². The largest absolute Gasteiger partial charge is 0.342 e. The number of nitrogens with zero attached hydrogens (tertiary/aromatic N) is 2. The van der Waals surface area contributed by atoms with Crippen molar-refractivity contribution in [2.75, 3.05) is 26.2 Å². The van der Waals surface area contributed by atoms with Crippen LogP contribution in [0.5, 0.6) is 0 Å². The van der Waals surface area contributed by atoms with E-state index in [1.54, 1.807) is 6.92 Å². The second-order valence-corrected chi connectivity index (χ2v) is 5.19. The topological polar surface area (TPSA) is 40.6 Å². The van der Waals surface area contributed by atoms with Gasteiger partial charge in [-0.3, -0.25) is 9.59 Å². The van der Waals surface area contributed by atoms with E-state index in [1.807, 2.05) is 23.6 Å². The van der Waals surface area contributed by atoms with Crippen molar-refractivity contribution in [3.63, 3.8) is 0 Å². The van der Waals surface area contributed by atoms with Crippen molar-refractivity contribution in [2.45, 2.75) is 52.9 Å². The lowest BCUT2D eigenvalue weighted by atomic mass is 9.95. The van der Waals surface area contributed by atoms with E-state index in [0.29, 0.717) is 6.54 Å². The summed E-state index contributed by atoms with van der Waals surface area (Å²) >= 11 is 0. The molecular weight excluding hydrogens is 240 g/mol. The van der Waals surface area contributed by atoms with Crippen LogP contribution < -0.4 is 0 Å². The van der Waals surface area contributed by atoms with Crippen LogP contribution in [0.4, 0.5) is 0 Å². The van der Waals surface area contributed by atoms with E-state index in [-0.39, 0.29) is 17.7 Å². The second kappa shape index (κ2) is 8.18. The van der Waals surface area contributed by atoms with E-state index < -0.39 is 0 Å². The van der Waals surface area contributed by atoms with E-state index in [1.165, 1.54) is 6.42 Å². The van der Waals surface area contributed by atoms with E-state index in [0.717, 1.165) is 45.3 Å². The normalized spacial score (nSPS) is 23.4. The molecule has 0 bridgehead atoms. The van der Waals surface area contributed by atoms with Crippen molar-refractivity contribution in [1.29, 1.82) is 0 Å². The summed E-state index contributed by atoms with van der Waals surface area (Å²) in [5.41, 5.74) is 0. The monoisotopic (exact) mass is 268 g/mol. The fraction of sp³-hybridized carbons (Fsp3) is 0.867. The minimum absolute atomic E-state index is 0.0470. The maximum Gasteiger partial charge on any atom is 0.227 e. The average Bonchev–Trinajstić information content (AvgIpc) is 2.49. The maximum atomic E-state index is 12.3. The van der Waals surface area contributed by atoms with Crippen molar-refractivity contribution in [3.05, 3.63) is 0 Å². The minimum Gasteiger partial charge on any atom is -0.342 e. The predicted octanol–water partition coefficient (Wildman–Crippen LogP) is 2.28. The first-order valence-corrected chi connectivity index (χ1v) is 7.73. The quantitative estimate of drug-likeness (QED) is 0.732. The summed E-state index contributed by atoms with van der Waals surface area (Å²) in [6.07, 6.45) is 5.42. The van der Waals surface area contributed by atoms with Gasteiger partial charge in [0.25, 0.3) is 0 Å². The number of hydrogen-bond acceptors (Lipinski definition) is 2. The third kappa shape index (κ3) is 4.51. The Balaban J connectivity index is 0.000000861. The fourth-order valence-corrected chi connectivity index (χ4v) is 2.84. The Morgan fingerprint density at radius 2 is 1.47 bits per heavy atom. The molecule has 110 valence electrons. The van der Waals surface area contributed by atoms with Crippen molar-refractivity contribution < 1.29 is 9.59 Å². The molecule has 0 spiro atoms. The number of carbonyl (C=O) groups excluding carboxylic acids is 2. The summed E-state index contributed by atoms with van der Waals surface area (Å²) in [5.74, 6) is 0.419. The summed E-state index contributed by atoms with van der Waals surface area (Å²) < 4.78 is 0. The van der Waals surface area contributed by atoms with Crippen LogP contribution in [-0.2, 0) is 9.59 Å². The Morgan fingerprint density at radius 1 is 0.895 bits per heavy atom. The predicted molar refractivity (Wildman–Crippen MR) is 76.8 cm³/mol. The van der Waals surface area contributed by atoms with Gasteiger partial charge in [-0.1, -0.05) is 13.8 Å². The highest BCUT2D eigenvalue weighted by molar-refractivity contribution is 5.80. The lowest BCUT2D eigenvalue weighted by molar-refractivity contribution is -0.140. The van der Waals surface area contributed by atoms with Gasteiger partial charge in [-0.25, -0.2) is 0 Å². The molecule has 0 aliphatic carbocycles. The Morgan fingerprint density at radius 3 is 2.05 bits per heavy atom. The van der Waals surface area contributed by atoms with Crippen LogP contribution in [0.1, 0.15) is 52.9 Å². The highest BCUT2D eigenvalue weighted by Crippen LogP contribution is 2.21. The molecule has 4 nitrogen and oxygen atoms in total. The Hall–Kier alpha value is -1.06. The molecule has 2 amide bonds. The Bertz CT molecular complexity index is 299. The van der Waals surface area contributed by atoms with Crippen LogP contribution in [0, 0.1) is 5.92 Å². The summed E-state index contributed by atoms with van der Waals surface area (Å²) in [7, 11) is 0. The van der Waals surface area contributed by atoms with Crippen molar-refractivity contribution >= 4 is 11.8 Å². The van der Waals surface area contributed by atoms with Crippen molar-refractivity contribution in [1.82, 2.24) is 9.80 Å². The first kappa shape index (κ1) is 16.0. The summed E-state index contributed by atoms with van der Waals surface area (Å²) in [6, 6.07) is 0. The lowest BCUT2D eigenvalue weighted by Crippen LogP contribution is -2.47. The Labute approximate surface area is 117 Å². The SMILES string of the molecule is CC.CC(=O)N1CCC[C@H](C(=O)N2CCCCC2)C1. The maximum absolute atomic E-state index is 12.3. The first-order valence-electron chi connectivity index (χ1n) is 7.73. The fourth-order valence-electron chi connectivity index (χ4n) is 2.84. The van der Waals surface area contributed by atoms with Gasteiger partial charge in [0.2, 0.25) is 11.8 Å². The molecule has 0 aromatic rings. The van der Waals surface area contributed by atoms with Gasteiger partial charge in [-0.2, -0.15) is 0 Å². The zero-order valence-electron chi connectivity index (χ0n) is 12.7. The van der Waals surface area contributed by atoms with Crippen LogP contribution in [0.25, 0.3) is 0 Å². The van der Waals surface area contributed by atoms with Gasteiger partial charge in [-0.05, 0) is 32.1 Å². The van der Waals surface area contributed by atoms with Crippen LogP contribution >= 0.6 is 0 Å². The minimum atomic E-state index is 0.0470. The molecule has 4 heteroatoms. The highest BCUT2D eigenvalue weighted by Gasteiger charge is 2.30. The molecule has 2 saturated heterocycles. The first-order chi connectivity index (χ1) is 9.18. The van der Waals surface area contributed by atoms with E-state index in [9.17, 15) is 9.59 Å². The zero-order valence-corrected chi connectivity index (χ0v) is 12.7. The number of likely N-dealkylation sites (tertiary alicyclic amines) is 2. The molecule has 2 fully saturated rings. The van der Waals surface area contributed by atoms with Crippen LogP contribution in [0.15, 0.2) is 0 Å². The molecule has 0 saturated carbocycles. The number of piperidine rings is 2. The molecule has 2 heterocycles. The van der Waals surface area contributed by atoms with Gasteiger partial charge in [0.1, 0.15) is 0 Å². The molecule has 0 aromatic carbocycles. The lowest BCUT2D eigenvalue weighted by Gasteiger charge is -2.35. The zero-order chi connectivity index (χ0) is 14.3. The number of rotatable bonds is 1. The molecule has 0 radical (unpaired) electrons. The standard InChI is InChI=1S/C13H22N2O2.C2H6/c1-11(16)15-9-5-6-12(10-15)13(17)14-7-3-2-4-8-14;1-2/h12H,2-10H2,1H3;1-2H3/t12-;/m0./s1. The van der Waals surface area contributed by atoms with Crippen LogP contribution in [0.2, 0.25) is 0 Å². The van der Waals surface area contributed by atoms with Crippen molar-refractivity contribution in [3.8, 4) is 0 Å². The summed E-state index contributed by atoms with van der Waals surface area (Å²) in [6.45, 7) is 8.86. The average molecular weight is 268 g/mol. The van der Waals surface area contributed by atoms with Gasteiger partial charge in [0.15, 0.2) is 0 Å². The molecule has 1 atom stereocenters. The molecular formula is C15H28N2O2. The third-order valence-corrected chi connectivity index (χ3v) is 3.88. The number of carbonyl (C=O) groups is 2. The van der Waals surface area contributed by atoms with E-state index in [2.05, 4.69) is 0 Å². The molecule has 2 aliphatic rings. The number of hydrogen-bond donors (Lipinski definition) is 0. The molecule has 19 heavy (non-hydrogen) atoms. The highest BCUT2D eigenvalue weighted by atomic mass is 16.2. The summed E-state index contributed by atoms with van der Waals surface area (Å²) in [4.78, 5) is 27.5. The van der Waals surface area contributed by atoms with Crippen molar-refractivity contribution in [2.24, 2.45) is 5.92 Å². The second-order valence-electron chi connectivity index (χ2n) is 5.19. The van der Waals surface area contributed by atoms with Gasteiger partial charge in [0.05, 0.1) is 5.92 Å². The number of amides is 2. The van der Waals surface area contributed by atoms with Crippen LogP contribution in [-0.4, -0.2) is 47.8 Å². The van der Waals surface area contributed by atoms with E-state index >= 15 is 0 Å². The smallest absolute Gasteiger partial charge is 0.227 e. The molecule has 0 unspecified atom stereocenters. The van der Waals surface area contributed by atoms with Gasteiger partial charge >= 0.3 is 0 Å².